The number of nitrogens with one attached hydrogen (secondary N) is 1. The topological polar surface area (TPSA) is 91.8 Å². The van der Waals surface area contributed by atoms with Crippen LogP contribution in [0.25, 0.3) is 0 Å². The first kappa shape index (κ1) is 13.3. The summed E-state index contributed by atoms with van der Waals surface area (Å²) in [5, 5.41) is 22.8. The summed E-state index contributed by atoms with van der Waals surface area (Å²) in [5.74, 6) is 0.247. The Morgan fingerprint density at radius 2 is 2.26 bits per heavy atom. The third kappa shape index (κ3) is 2.99. The van der Waals surface area contributed by atoms with E-state index in [0.29, 0.717) is 6.54 Å². The molecule has 6 heteroatoms. The van der Waals surface area contributed by atoms with Gasteiger partial charge in [0.2, 0.25) is 5.82 Å². The lowest BCUT2D eigenvalue weighted by Gasteiger charge is -2.23. The van der Waals surface area contributed by atoms with Crippen molar-refractivity contribution in [1.82, 2.24) is 4.98 Å². The Balaban J connectivity index is 2.16. The Labute approximate surface area is 111 Å². The number of aromatic nitrogens is 1. The molecule has 1 heterocycles. The molecule has 0 atom stereocenters. The van der Waals surface area contributed by atoms with E-state index in [4.69, 9.17) is 5.26 Å². The molecule has 1 aromatic heterocycles. The van der Waals surface area contributed by atoms with Crippen molar-refractivity contribution in [2.75, 3.05) is 11.9 Å². The third-order valence-corrected chi connectivity index (χ3v) is 3.69. The highest BCUT2D eigenvalue weighted by Gasteiger charge is 2.29. The molecule has 1 aliphatic carbocycles. The number of hydrogen-bond acceptors (Lipinski definition) is 5. The van der Waals surface area contributed by atoms with Gasteiger partial charge >= 0.3 is 5.69 Å². The first-order chi connectivity index (χ1) is 9.04. The maximum absolute atomic E-state index is 11.0. The fourth-order valence-corrected chi connectivity index (χ4v) is 2.49. The van der Waals surface area contributed by atoms with E-state index >= 15 is 0 Å². The molecule has 1 aliphatic rings. The summed E-state index contributed by atoms with van der Waals surface area (Å²) >= 11 is 0. The van der Waals surface area contributed by atoms with E-state index in [1.54, 1.807) is 0 Å². The second kappa shape index (κ2) is 5.22. The first-order valence-electron chi connectivity index (χ1n) is 6.32. The van der Waals surface area contributed by atoms with Crippen molar-refractivity contribution in [2.45, 2.75) is 32.6 Å². The number of nitrogens with zero attached hydrogens (tertiary/aromatic N) is 3. The van der Waals surface area contributed by atoms with Crippen molar-refractivity contribution in [3.63, 3.8) is 0 Å². The Morgan fingerprint density at radius 1 is 1.58 bits per heavy atom. The zero-order valence-electron chi connectivity index (χ0n) is 10.8. The molecule has 1 saturated carbocycles. The summed E-state index contributed by atoms with van der Waals surface area (Å²) < 4.78 is 0. The van der Waals surface area contributed by atoms with Crippen molar-refractivity contribution >= 4 is 11.5 Å². The lowest BCUT2D eigenvalue weighted by Crippen LogP contribution is -2.23. The average molecular weight is 260 g/mol. The standard InChI is InChI=1S/C13H16N4O2/c1-13(4-2-3-5-13)9-16-12-11(17(18)19)6-10(7-14)8-15-12/h6,8H,2-5,9H2,1H3,(H,15,16). The molecule has 100 valence electrons. The number of rotatable bonds is 4. The minimum absolute atomic E-state index is 0.138. The van der Waals surface area contributed by atoms with Gasteiger partial charge in [0.1, 0.15) is 6.07 Å². The van der Waals surface area contributed by atoms with Crippen molar-refractivity contribution < 1.29 is 4.92 Å². The smallest absolute Gasteiger partial charge is 0.312 e. The number of anilines is 1. The minimum Gasteiger partial charge on any atom is -0.364 e. The summed E-state index contributed by atoms with van der Waals surface area (Å²) in [6.07, 6.45) is 6.03. The lowest BCUT2D eigenvalue weighted by molar-refractivity contribution is -0.384. The SMILES string of the molecule is CC1(CNc2ncc(C#N)cc2[N+](=O)[O-])CCCC1. The predicted octanol–water partition coefficient (Wildman–Crippen LogP) is 2.85. The van der Waals surface area contributed by atoms with Gasteiger partial charge in [-0.2, -0.15) is 5.26 Å². The number of nitriles is 1. The quantitative estimate of drug-likeness (QED) is 0.663. The first-order valence-corrected chi connectivity index (χ1v) is 6.32. The van der Waals surface area contributed by atoms with Gasteiger partial charge in [-0.1, -0.05) is 19.8 Å². The summed E-state index contributed by atoms with van der Waals surface area (Å²) in [6.45, 7) is 2.86. The second-order valence-corrected chi connectivity index (χ2v) is 5.33. The van der Waals surface area contributed by atoms with Crippen LogP contribution < -0.4 is 5.32 Å². The Morgan fingerprint density at radius 3 is 2.84 bits per heavy atom. The molecule has 0 amide bonds. The molecule has 1 fully saturated rings. The highest BCUT2D eigenvalue weighted by molar-refractivity contribution is 5.58. The summed E-state index contributed by atoms with van der Waals surface area (Å²) in [5.41, 5.74) is 0.244. The van der Waals surface area contributed by atoms with Crippen LogP contribution in [-0.2, 0) is 0 Å². The van der Waals surface area contributed by atoms with Gasteiger partial charge in [-0.05, 0) is 18.3 Å². The van der Waals surface area contributed by atoms with Crippen LogP contribution in [0.5, 0.6) is 0 Å². The highest BCUT2D eigenvalue weighted by Crippen LogP contribution is 2.37. The zero-order valence-corrected chi connectivity index (χ0v) is 10.8. The number of pyridine rings is 1. The maximum atomic E-state index is 11.0. The summed E-state index contributed by atoms with van der Waals surface area (Å²) in [6, 6.07) is 3.12. The minimum atomic E-state index is -0.507. The zero-order chi connectivity index (χ0) is 13.9. The van der Waals surface area contributed by atoms with Crippen LogP contribution in [0.2, 0.25) is 0 Å². The molecule has 0 aromatic carbocycles. The molecule has 0 bridgehead atoms. The number of nitro groups is 1. The molecule has 6 nitrogen and oxygen atoms in total. The van der Waals surface area contributed by atoms with Crippen LogP contribution in [0.3, 0.4) is 0 Å². The van der Waals surface area contributed by atoms with Gasteiger partial charge in [0, 0.05) is 18.8 Å². The van der Waals surface area contributed by atoms with Gasteiger partial charge in [-0.3, -0.25) is 10.1 Å². The van der Waals surface area contributed by atoms with Gasteiger partial charge in [-0.15, -0.1) is 0 Å². The fraction of sp³-hybridized carbons (Fsp3) is 0.538. The monoisotopic (exact) mass is 260 g/mol. The molecule has 1 aromatic rings. The molecular weight excluding hydrogens is 244 g/mol. The van der Waals surface area contributed by atoms with Crippen molar-refractivity contribution in [3.8, 4) is 6.07 Å². The largest absolute Gasteiger partial charge is 0.364 e. The van der Waals surface area contributed by atoms with Crippen LogP contribution >= 0.6 is 0 Å². The molecule has 0 unspecified atom stereocenters. The molecule has 0 aliphatic heterocycles. The van der Waals surface area contributed by atoms with E-state index in [9.17, 15) is 10.1 Å². The Hall–Kier alpha value is -2.16. The lowest BCUT2D eigenvalue weighted by atomic mass is 9.89. The summed E-state index contributed by atoms with van der Waals surface area (Å²) in [4.78, 5) is 14.5. The van der Waals surface area contributed by atoms with Crippen LogP contribution in [0, 0.1) is 26.9 Å². The molecular formula is C13H16N4O2. The fourth-order valence-electron chi connectivity index (χ4n) is 2.49. The van der Waals surface area contributed by atoms with Crippen LogP contribution in [-0.4, -0.2) is 16.5 Å². The molecule has 2 rings (SSSR count). The van der Waals surface area contributed by atoms with E-state index in [2.05, 4.69) is 17.2 Å². The van der Waals surface area contributed by atoms with Gasteiger partial charge in [0.15, 0.2) is 0 Å². The molecule has 1 N–H and O–H groups in total. The van der Waals surface area contributed by atoms with Crippen molar-refractivity contribution in [3.05, 3.63) is 27.9 Å². The maximum Gasteiger partial charge on any atom is 0.312 e. The third-order valence-electron chi connectivity index (χ3n) is 3.69. The highest BCUT2D eigenvalue weighted by atomic mass is 16.6. The van der Waals surface area contributed by atoms with E-state index in [-0.39, 0.29) is 22.5 Å². The van der Waals surface area contributed by atoms with E-state index in [1.807, 2.05) is 6.07 Å². The molecule has 19 heavy (non-hydrogen) atoms. The van der Waals surface area contributed by atoms with E-state index in [0.717, 1.165) is 12.8 Å². The normalized spacial score (nSPS) is 16.8. The van der Waals surface area contributed by atoms with Crippen molar-refractivity contribution in [1.29, 1.82) is 5.26 Å². The average Bonchev–Trinajstić information content (AvgIpc) is 2.83. The molecule has 0 radical (unpaired) electrons. The molecule has 0 saturated heterocycles. The Kier molecular flexibility index (Phi) is 3.65. The summed E-state index contributed by atoms with van der Waals surface area (Å²) in [7, 11) is 0. The second-order valence-electron chi connectivity index (χ2n) is 5.33. The van der Waals surface area contributed by atoms with Gasteiger partial charge < -0.3 is 5.32 Å². The van der Waals surface area contributed by atoms with E-state index in [1.165, 1.54) is 25.1 Å². The van der Waals surface area contributed by atoms with Gasteiger partial charge in [0.05, 0.1) is 10.5 Å². The van der Waals surface area contributed by atoms with Crippen LogP contribution in [0.15, 0.2) is 12.3 Å². The predicted molar refractivity (Wildman–Crippen MR) is 70.7 cm³/mol. The van der Waals surface area contributed by atoms with Gasteiger partial charge in [-0.25, -0.2) is 4.98 Å². The van der Waals surface area contributed by atoms with Crippen LogP contribution in [0.1, 0.15) is 38.2 Å². The van der Waals surface area contributed by atoms with Crippen molar-refractivity contribution in [2.24, 2.45) is 5.41 Å². The van der Waals surface area contributed by atoms with E-state index < -0.39 is 4.92 Å². The van der Waals surface area contributed by atoms with Crippen LogP contribution in [0.4, 0.5) is 11.5 Å². The van der Waals surface area contributed by atoms with Gasteiger partial charge in [0.25, 0.3) is 0 Å². The number of hydrogen-bond donors (Lipinski definition) is 1. The molecule has 0 spiro atoms. The Bertz CT molecular complexity index is 530.